The smallest absolute Gasteiger partial charge is 0.336 e. The molecule has 5 aromatic rings. The lowest BCUT2D eigenvalue weighted by molar-refractivity contribution is -0.140. The van der Waals surface area contributed by atoms with E-state index in [4.69, 9.17) is 28.4 Å². The summed E-state index contributed by atoms with van der Waals surface area (Å²) >= 11 is 0. The Kier molecular flexibility index (Phi) is 12.1. The third-order valence-electron chi connectivity index (χ3n) is 7.27. The van der Waals surface area contributed by atoms with E-state index in [1.54, 1.807) is 13.8 Å². The molecule has 0 aromatic heterocycles. The van der Waals surface area contributed by atoms with Crippen LogP contribution in [0.1, 0.15) is 26.7 Å². The van der Waals surface area contributed by atoms with Crippen LogP contribution in [0.3, 0.4) is 0 Å². The first-order valence-electron chi connectivity index (χ1n) is 15.8. The summed E-state index contributed by atoms with van der Waals surface area (Å²) in [5.41, 5.74) is 0.735. The molecule has 0 saturated heterocycles. The molecule has 246 valence electrons. The largest absolute Gasteiger partial charge is 0.493 e. The van der Waals surface area contributed by atoms with Crippen LogP contribution in [0, 0.1) is 0 Å². The molecule has 0 radical (unpaired) electrons. The highest BCUT2D eigenvalue weighted by Crippen LogP contribution is 2.27. The minimum Gasteiger partial charge on any atom is -0.493 e. The van der Waals surface area contributed by atoms with Gasteiger partial charge in [0.25, 0.3) is 0 Å². The third-order valence-corrected chi connectivity index (χ3v) is 7.27. The van der Waals surface area contributed by atoms with Gasteiger partial charge in [0.05, 0.1) is 37.6 Å². The number of hydrogen-bond donors (Lipinski definition) is 0. The molecule has 5 rings (SSSR count). The van der Waals surface area contributed by atoms with Crippen molar-refractivity contribution in [3.05, 3.63) is 133 Å². The van der Waals surface area contributed by atoms with Gasteiger partial charge in [0.2, 0.25) is 0 Å². The van der Waals surface area contributed by atoms with Crippen LogP contribution in [0.15, 0.2) is 133 Å². The fraction of sp³-hybridized carbons (Fsp3) is 0.200. The van der Waals surface area contributed by atoms with Gasteiger partial charge in [-0.3, -0.25) is 0 Å². The highest BCUT2D eigenvalue weighted by atomic mass is 16.5. The predicted octanol–water partition coefficient (Wildman–Crippen LogP) is 8.58. The first-order chi connectivity index (χ1) is 23.5. The first kappa shape index (κ1) is 33.6. The Bertz CT molecular complexity index is 1740. The summed E-state index contributed by atoms with van der Waals surface area (Å²) in [6.45, 7) is 4.52. The van der Waals surface area contributed by atoms with Crippen LogP contribution >= 0.6 is 0 Å². The second kappa shape index (κ2) is 17.2. The Labute approximate surface area is 280 Å². The van der Waals surface area contributed by atoms with E-state index in [0.29, 0.717) is 60.2 Å². The van der Waals surface area contributed by atoms with Crippen molar-refractivity contribution in [2.24, 2.45) is 0 Å². The lowest BCUT2D eigenvalue weighted by Gasteiger charge is -2.10. The summed E-state index contributed by atoms with van der Waals surface area (Å²) < 4.78 is 33.7. The number of hydrogen-bond acceptors (Lipinski definition) is 8. The molecule has 0 unspecified atom stereocenters. The van der Waals surface area contributed by atoms with Crippen molar-refractivity contribution >= 4 is 33.5 Å². The van der Waals surface area contributed by atoms with Gasteiger partial charge in [-0.1, -0.05) is 72.8 Å². The fourth-order valence-corrected chi connectivity index (χ4v) is 4.68. The Balaban J connectivity index is 0.931. The van der Waals surface area contributed by atoms with Gasteiger partial charge in [0, 0.05) is 23.6 Å². The molecule has 0 N–H and O–H groups in total. The normalized spacial score (nSPS) is 11.6. The summed E-state index contributed by atoms with van der Waals surface area (Å²) in [7, 11) is 0. The zero-order valence-electron chi connectivity index (χ0n) is 27.1. The Hall–Kier alpha value is -5.76. The van der Waals surface area contributed by atoms with Crippen LogP contribution in [0.2, 0.25) is 0 Å². The maximum Gasteiger partial charge on any atom is 0.336 e. The molecule has 0 spiro atoms. The Morgan fingerprint density at radius 3 is 1.33 bits per heavy atom. The standard InChI is InChI=1S/C40H38O8/c1-29(27-47-37-17-7-13-31-11-3-5-15-35(31)37)39(41)45-25-9-23-43-33-19-21-34(22-20-33)44-24-10-26-46-40(42)30(2)28-48-38-18-8-14-32-12-4-6-16-36(32)38/h3-8,11-22,27-28H,9-10,23-26H2,1-2H3. The lowest BCUT2D eigenvalue weighted by Crippen LogP contribution is -2.10. The van der Waals surface area contributed by atoms with Crippen molar-refractivity contribution < 1.29 is 38.0 Å². The molecular weight excluding hydrogens is 608 g/mol. The topological polar surface area (TPSA) is 89.5 Å². The van der Waals surface area contributed by atoms with Crippen LogP contribution in [0.4, 0.5) is 0 Å². The molecular formula is C40H38O8. The van der Waals surface area contributed by atoms with Crippen LogP contribution < -0.4 is 18.9 Å². The van der Waals surface area contributed by atoms with Gasteiger partial charge in [-0.25, -0.2) is 9.59 Å². The van der Waals surface area contributed by atoms with Crippen LogP contribution in [-0.2, 0) is 19.1 Å². The van der Waals surface area contributed by atoms with Crippen LogP contribution in [0.25, 0.3) is 21.5 Å². The number of benzene rings is 5. The molecule has 0 heterocycles. The fourth-order valence-electron chi connectivity index (χ4n) is 4.68. The first-order valence-corrected chi connectivity index (χ1v) is 15.8. The van der Waals surface area contributed by atoms with Gasteiger partial charge in [-0.05, 0) is 61.0 Å². The number of rotatable bonds is 16. The van der Waals surface area contributed by atoms with Gasteiger partial charge in [-0.15, -0.1) is 0 Å². The van der Waals surface area contributed by atoms with Gasteiger partial charge in [0.1, 0.15) is 35.5 Å². The lowest BCUT2D eigenvalue weighted by atomic mass is 10.1. The van der Waals surface area contributed by atoms with Crippen molar-refractivity contribution in [1.82, 2.24) is 0 Å². The van der Waals surface area contributed by atoms with Crippen molar-refractivity contribution in [2.45, 2.75) is 26.7 Å². The molecule has 0 aliphatic carbocycles. The SMILES string of the molecule is CC(=COc1cccc2ccccc12)C(=O)OCCCOc1ccc(OCCCOC(=O)C(C)=COc2cccc3ccccc23)cc1. The average Bonchev–Trinajstić information content (AvgIpc) is 3.12. The number of carbonyl (C=O) groups is 2. The average molecular weight is 647 g/mol. The van der Waals surface area contributed by atoms with E-state index in [9.17, 15) is 9.59 Å². The van der Waals surface area contributed by atoms with E-state index in [0.717, 1.165) is 21.5 Å². The van der Waals surface area contributed by atoms with Gasteiger partial charge in [0.15, 0.2) is 0 Å². The number of fused-ring (bicyclic) bond motifs is 2. The summed E-state index contributed by atoms with van der Waals surface area (Å²) in [6.07, 6.45) is 3.90. The second-order valence-electron chi connectivity index (χ2n) is 10.9. The quantitative estimate of drug-likeness (QED) is 0.0456. The van der Waals surface area contributed by atoms with Crippen molar-refractivity contribution in [1.29, 1.82) is 0 Å². The van der Waals surface area contributed by atoms with Crippen LogP contribution in [-0.4, -0.2) is 38.4 Å². The highest BCUT2D eigenvalue weighted by molar-refractivity contribution is 5.90. The zero-order chi connectivity index (χ0) is 33.6. The third kappa shape index (κ3) is 9.62. The zero-order valence-corrected chi connectivity index (χ0v) is 27.1. The van der Waals surface area contributed by atoms with Gasteiger partial charge >= 0.3 is 11.9 Å². The Morgan fingerprint density at radius 1 is 0.500 bits per heavy atom. The number of ether oxygens (including phenoxy) is 6. The molecule has 8 nitrogen and oxygen atoms in total. The van der Waals surface area contributed by atoms with Crippen molar-refractivity contribution in [3.8, 4) is 23.0 Å². The number of esters is 2. The Morgan fingerprint density at radius 2 is 0.896 bits per heavy atom. The van der Waals surface area contributed by atoms with Gasteiger partial charge < -0.3 is 28.4 Å². The van der Waals surface area contributed by atoms with E-state index in [1.165, 1.54) is 12.5 Å². The minimum absolute atomic E-state index is 0.219. The van der Waals surface area contributed by atoms with E-state index < -0.39 is 11.9 Å². The maximum absolute atomic E-state index is 12.3. The summed E-state index contributed by atoms with van der Waals surface area (Å²) in [5, 5.41) is 4.06. The minimum atomic E-state index is -0.441. The van der Waals surface area contributed by atoms with Crippen molar-refractivity contribution in [3.63, 3.8) is 0 Å². The molecule has 0 saturated carbocycles. The summed E-state index contributed by atoms with van der Waals surface area (Å²) in [5.74, 6) is 1.82. The van der Waals surface area contributed by atoms with Gasteiger partial charge in [-0.2, -0.15) is 0 Å². The van der Waals surface area contributed by atoms with E-state index in [2.05, 4.69) is 0 Å². The highest BCUT2D eigenvalue weighted by Gasteiger charge is 2.09. The van der Waals surface area contributed by atoms with Crippen LogP contribution in [0.5, 0.6) is 23.0 Å². The molecule has 0 aliphatic rings. The molecule has 0 bridgehead atoms. The van der Waals surface area contributed by atoms with E-state index >= 15 is 0 Å². The maximum atomic E-state index is 12.3. The van der Waals surface area contributed by atoms with Crippen molar-refractivity contribution in [2.75, 3.05) is 26.4 Å². The monoisotopic (exact) mass is 646 g/mol. The summed E-state index contributed by atoms with van der Waals surface area (Å²) in [4.78, 5) is 24.7. The molecule has 0 atom stereocenters. The molecule has 8 heteroatoms. The molecule has 0 amide bonds. The molecule has 48 heavy (non-hydrogen) atoms. The molecule has 0 fully saturated rings. The van der Waals surface area contributed by atoms with E-state index in [-0.39, 0.29) is 13.2 Å². The molecule has 0 aliphatic heterocycles. The second-order valence-corrected chi connectivity index (χ2v) is 10.9. The summed E-state index contributed by atoms with van der Waals surface area (Å²) in [6, 6.07) is 34.6. The van der Waals surface area contributed by atoms with E-state index in [1.807, 2.05) is 109 Å². The predicted molar refractivity (Wildman–Crippen MR) is 185 cm³/mol. The molecule has 5 aromatic carbocycles. The number of carbonyl (C=O) groups excluding carboxylic acids is 2.